The van der Waals surface area contributed by atoms with E-state index in [1.165, 1.54) is 4.90 Å². The lowest BCUT2D eigenvalue weighted by molar-refractivity contribution is -0.142. The second-order valence-corrected chi connectivity index (χ2v) is 7.63. The molecule has 0 heterocycles. The summed E-state index contributed by atoms with van der Waals surface area (Å²) < 4.78 is 5.75. The summed E-state index contributed by atoms with van der Waals surface area (Å²) in [4.78, 5) is 26.9. The van der Waals surface area contributed by atoms with Crippen molar-refractivity contribution in [1.82, 2.24) is 10.2 Å². The number of benzene rings is 2. The van der Waals surface area contributed by atoms with Gasteiger partial charge in [-0.2, -0.15) is 0 Å². The van der Waals surface area contributed by atoms with Crippen LogP contribution in [0.1, 0.15) is 30.0 Å². The molecule has 0 aliphatic rings. The van der Waals surface area contributed by atoms with E-state index in [1.807, 2.05) is 39.0 Å². The molecule has 1 N–H and O–H groups in total. The van der Waals surface area contributed by atoms with Crippen LogP contribution in [0.2, 0.25) is 10.0 Å². The zero-order chi connectivity index (χ0) is 21.6. The molecule has 7 heteroatoms. The van der Waals surface area contributed by atoms with Gasteiger partial charge in [-0.15, -0.1) is 0 Å². The van der Waals surface area contributed by atoms with E-state index in [-0.39, 0.29) is 25.0 Å². The standard InChI is InChI=1S/C22H26Cl2N2O3/c1-5-19(22(28)25-4)26(12-16-17(23)7-6-8-18(16)24)21(27)13-29-20-10-9-14(2)11-15(20)3/h6-11,19H,5,12-13H2,1-4H3,(H,25,28)/t19-/m1/s1. The number of halogens is 2. The van der Waals surface area contributed by atoms with Gasteiger partial charge in [0.15, 0.2) is 6.61 Å². The molecule has 0 bridgehead atoms. The number of aryl methyl sites for hydroxylation is 2. The van der Waals surface area contributed by atoms with Crippen LogP contribution < -0.4 is 10.1 Å². The highest BCUT2D eigenvalue weighted by Gasteiger charge is 2.29. The number of likely N-dealkylation sites (N-methyl/N-ethyl adjacent to an activating group) is 1. The van der Waals surface area contributed by atoms with Crippen LogP contribution in [0.3, 0.4) is 0 Å². The predicted molar refractivity (Wildman–Crippen MR) is 117 cm³/mol. The van der Waals surface area contributed by atoms with Crippen LogP contribution in [0.25, 0.3) is 0 Å². The summed E-state index contributed by atoms with van der Waals surface area (Å²) in [5.41, 5.74) is 2.65. The first-order valence-electron chi connectivity index (χ1n) is 9.42. The van der Waals surface area contributed by atoms with Gasteiger partial charge in [0.05, 0.1) is 0 Å². The third-order valence-electron chi connectivity index (χ3n) is 4.70. The van der Waals surface area contributed by atoms with Gasteiger partial charge in [-0.25, -0.2) is 0 Å². The maximum Gasteiger partial charge on any atom is 0.261 e. The van der Waals surface area contributed by atoms with E-state index >= 15 is 0 Å². The van der Waals surface area contributed by atoms with Crippen molar-refractivity contribution in [3.8, 4) is 5.75 Å². The maximum atomic E-state index is 13.1. The van der Waals surface area contributed by atoms with Gasteiger partial charge >= 0.3 is 0 Å². The molecule has 29 heavy (non-hydrogen) atoms. The number of hydrogen-bond acceptors (Lipinski definition) is 3. The predicted octanol–water partition coefficient (Wildman–Crippen LogP) is 4.54. The van der Waals surface area contributed by atoms with Gasteiger partial charge in [-0.1, -0.05) is 53.9 Å². The molecule has 1 atom stereocenters. The molecule has 0 unspecified atom stereocenters. The van der Waals surface area contributed by atoms with Crippen molar-refractivity contribution in [2.75, 3.05) is 13.7 Å². The summed E-state index contributed by atoms with van der Waals surface area (Å²) in [6.45, 7) is 5.68. The zero-order valence-corrected chi connectivity index (χ0v) is 18.6. The first-order valence-corrected chi connectivity index (χ1v) is 10.2. The summed E-state index contributed by atoms with van der Waals surface area (Å²) in [5, 5.41) is 3.50. The van der Waals surface area contributed by atoms with Gasteiger partial charge in [-0.3, -0.25) is 9.59 Å². The van der Waals surface area contributed by atoms with Crippen molar-refractivity contribution in [3.05, 3.63) is 63.1 Å². The molecule has 2 rings (SSSR count). The molecule has 0 aliphatic carbocycles. The van der Waals surface area contributed by atoms with Crippen LogP contribution in [-0.4, -0.2) is 36.4 Å². The Bertz CT molecular complexity index is 866. The molecule has 2 aromatic carbocycles. The Morgan fingerprint density at radius 3 is 2.34 bits per heavy atom. The van der Waals surface area contributed by atoms with Gasteiger partial charge in [0.25, 0.3) is 5.91 Å². The lowest BCUT2D eigenvalue weighted by Crippen LogP contribution is -2.49. The van der Waals surface area contributed by atoms with Crippen molar-refractivity contribution in [3.63, 3.8) is 0 Å². The van der Waals surface area contributed by atoms with E-state index in [9.17, 15) is 9.59 Å². The average Bonchev–Trinajstić information content (AvgIpc) is 2.68. The average molecular weight is 437 g/mol. The second kappa shape index (κ2) is 10.5. The Kier molecular flexibility index (Phi) is 8.35. The molecule has 2 aromatic rings. The van der Waals surface area contributed by atoms with Crippen LogP contribution in [0.5, 0.6) is 5.75 Å². The molecule has 2 amide bonds. The number of nitrogens with one attached hydrogen (secondary N) is 1. The van der Waals surface area contributed by atoms with E-state index in [4.69, 9.17) is 27.9 Å². The maximum absolute atomic E-state index is 13.1. The number of ether oxygens (including phenoxy) is 1. The quantitative estimate of drug-likeness (QED) is 0.660. The number of carbonyl (C=O) groups is 2. The molecule has 5 nitrogen and oxygen atoms in total. The lowest BCUT2D eigenvalue weighted by atomic mass is 10.1. The Labute approximate surface area is 181 Å². The van der Waals surface area contributed by atoms with E-state index in [0.717, 1.165) is 11.1 Å². The van der Waals surface area contributed by atoms with Crippen molar-refractivity contribution < 1.29 is 14.3 Å². The van der Waals surface area contributed by atoms with E-state index in [0.29, 0.717) is 27.8 Å². The fourth-order valence-corrected chi connectivity index (χ4v) is 3.64. The van der Waals surface area contributed by atoms with Gasteiger partial charge in [0.1, 0.15) is 11.8 Å². The fourth-order valence-electron chi connectivity index (χ4n) is 3.12. The molecule has 0 saturated heterocycles. The highest BCUT2D eigenvalue weighted by molar-refractivity contribution is 6.36. The van der Waals surface area contributed by atoms with Crippen LogP contribution in [0.4, 0.5) is 0 Å². The summed E-state index contributed by atoms with van der Waals surface area (Å²) in [6.07, 6.45) is 0.442. The normalized spacial score (nSPS) is 11.7. The summed E-state index contributed by atoms with van der Waals surface area (Å²) >= 11 is 12.6. The Morgan fingerprint density at radius 2 is 1.79 bits per heavy atom. The molecule has 0 aliphatic heterocycles. The minimum Gasteiger partial charge on any atom is -0.483 e. The van der Waals surface area contributed by atoms with Crippen LogP contribution in [0.15, 0.2) is 36.4 Å². The molecule has 0 radical (unpaired) electrons. The van der Waals surface area contributed by atoms with E-state index in [1.54, 1.807) is 25.2 Å². The third kappa shape index (κ3) is 5.87. The second-order valence-electron chi connectivity index (χ2n) is 6.82. The Morgan fingerprint density at radius 1 is 1.14 bits per heavy atom. The lowest BCUT2D eigenvalue weighted by Gasteiger charge is -2.30. The van der Waals surface area contributed by atoms with Gasteiger partial charge < -0.3 is 15.0 Å². The smallest absolute Gasteiger partial charge is 0.261 e. The molecule has 0 fully saturated rings. The first kappa shape index (κ1) is 23.0. The largest absolute Gasteiger partial charge is 0.483 e. The first-order chi connectivity index (χ1) is 13.8. The minimum absolute atomic E-state index is 0.111. The van der Waals surface area contributed by atoms with Gasteiger partial charge in [0, 0.05) is 29.2 Å². The number of nitrogens with zero attached hydrogens (tertiary/aromatic N) is 1. The van der Waals surface area contributed by atoms with Gasteiger partial charge in [-0.05, 0) is 44.0 Å². The molecule has 0 spiro atoms. The molecular formula is C22H26Cl2N2O3. The summed E-state index contributed by atoms with van der Waals surface area (Å²) in [7, 11) is 1.54. The minimum atomic E-state index is -0.664. The van der Waals surface area contributed by atoms with Crippen molar-refractivity contribution >= 4 is 35.0 Å². The van der Waals surface area contributed by atoms with Crippen molar-refractivity contribution in [1.29, 1.82) is 0 Å². The number of rotatable bonds is 8. The highest BCUT2D eigenvalue weighted by atomic mass is 35.5. The number of carbonyl (C=O) groups excluding carboxylic acids is 2. The molecule has 156 valence electrons. The molecule has 0 saturated carbocycles. The molecular weight excluding hydrogens is 411 g/mol. The van der Waals surface area contributed by atoms with Crippen LogP contribution >= 0.6 is 23.2 Å². The topological polar surface area (TPSA) is 58.6 Å². The van der Waals surface area contributed by atoms with Crippen molar-refractivity contribution in [2.45, 2.75) is 39.8 Å². The van der Waals surface area contributed by atoms with Crippen molar-refractivity contribution in [2.24, 2.45) is 0 Å². The Hall–Kier alpha value is -2.24. The Balaban J connectivity index is 2.28. The highest BCUT2D eigenvalue weighted by Crippen LogP contribution is 2.27. The summed E-state index contributed by atoms with van der Waals surface area (Å²) in [5.74, 6) is 0.0552. The van der Waals surface area contributed by atoms with E-state index < -0.39 is 6.04 Å². The SMILES string of the molecule is CC[C@H](C(=O)NC)N(Cc1c(Cl)cccc1Cl)C(=O)COc1ccc(C)cc1C. The number of hydrogen-bond donors (Lipinski definition) is 1. The van der Waals surface area contributed by atoms with Crippen LogP contribution in [0, 0.1) is 13.8 Å². The monoisotopic (exact) mass is 436 g/mol. The van der Waals surface area contributed by atoms with Gasteiger partial charge in [0.2, 0.25) is 5.91 Å². The number of amides is 2. The summed E-state index contributed by atoms with van der Waals surface area (Å²) in [6, 6.07) is 10.2. The zero-order valence-electron chi connectivity index (χ0n) is 17.1. The fraction of sp³-hybridized carbons (Fsp3) is 0.364. The molecule has 0 aromatic heterocycles. The van der Waals surface area contributed by atoms with E-state index in [2.05, 4.69) is 5.32 Å². The third-order valence-corrected chi connectivity index (χ3v) is 5.41. The van der Waals surface area contributed by atoms with Crippen LogP contribution in [-0.2, 0) is 16.1 Å².